The first-order valence-corrected chi connectivity index (χ1v) is 8.34. The van der Waals surface area contributed by atoms with Crippen LogP contribution in [0.25, 0.3) is 11.3 Å². The molecule has 0 fully saturated rings. The zero-order valence-electron chi connectivity index (χ0n) is 13.4. The van der Waals surface area contributed by atoms with E-state index in [4.69, 9.17) is 4.74 Å². The molecule has 0 unspecified atom stereocenters. The van der Waals surface area contributed by atoms with Crippen LogP contribution >= 0.6 is 11.3 Å². The van der Waals surface area contributed by atoms with E-state index < -0.39 is 22.5 Å². The summed E-state index contributed by atoms with van der Waals surface area (Å²) in [5.74, 6) is -1.20. The smallest absolute Gasteiger partial charge is 0.315 e. The Morgan fingerprint density at radius 1 is 1.19 bits per heavy atom. The first-order chi connectivity index (χ1) is 12.5. The highest BCUT2D eigenvalue weighted by molar-refractivity contribution is 7.11. The molecule has 0 aliphatic carbocycles. The number of carbonyl (C=O) groups is 1. The van der Waals surface area contributed by atoms with Gasteiger partial charge in [-0.25, -0.2) is 13.9 Å². The van der Waals surface area contributed by atoms with Crippen LogP contribution in [0.4, 0.5) is 4.39 Å². The van der Waals surface area contributed by atoms with E-state index in [1.165, 1.54) is 19.2 Å². The molecule has 1 aliphatic heterocycles. The second-order valence-corrected chi connectivity index (χ2v) is 6.44. The van der Waals surface area contributed by atoms with Gasteiger partial charge in [-0.15, -0.1) is 0 Å². The molecular formula is C18H11FN2O4S. The molecule has 0 atom stereocenters. The zero-order valence-corrected chi connectivity index (χ0v) is 14.2. The van der Waals surface area contributed by atoms with Gasteiger partial charge in [0.25, 0.3) is 5.91 Å². The normalized spacial score (nSPS) is 12.8. The van der Waals surface area contributed by atoms with Crippen LogP contribution in [-0.2, 0) is 4.79 Å². The minimum Gasteiger partial charge on any atom is -0.495 e. The molecule has 0 saturated carbocycles. The number of benzene rings is 2. The van der Waals surface area contributed by atoms with E-state index >= 15 is 0 Å². The van der Waals surface area contributed by atoms with Crippen molar-refractivity contribution in [3.63, 3.8) is 0 Å². The van der Waals surface area contributed by atoms with Gasteiger partial charge in [0.2, 0.25) is 5.88 Å². The van der Waals surface area contributed by atoms with E-state index in [9.17, 15) is 19.1 Å². The van der Waals surface area contributed by atoms with Gasteiger partial charge in [-0.1, -0.05) is 23.5 Å². The lowest BCUT2D eigenvalue weighted by Crippen LogP contribution is -2.23. The van der Waals surface area contributed by atoms with E-state index in [1.54, 1.807) is 24.3 Å². The minimum atomic E-state index is -0.630. The predicted molar refractivity (Wildman–Crippen MR) is 92.8 cm³/mol. The molecule has 1 amide bonds. The number of ether oxygens (including phenoxy) is 1. The summed E-state index contributed by atoms with van der Waals surface area (Å²) in [4.78, 5) is 28.2. The minimum absolute atomic E-state index is 0.00717. The lowest BCUT2D eigenvalue weighted by Gasteiger charge is -2.09. The van der Waals surface area contributed by atoms with E-state index in [2.05, 4.69) is 4.99 Å². The third-order valence-corrected chi connectivity index (χ3v) is 4.95. The van der Waals surface area contributed by atoms with Crippen molar-refractivity contribution in [2.45, 2.75) is 0 Å². The summed E-state index contributed by atoms with van der Waals surface area (Å²) in [5.41, 5.74) is 0.343. The summed E-state index contributed by atoms with van der Waals surface area (Å²) in [6, 6.07) is 10.4. The number of nitrogens with zero attached hydrogens (tertiary/aromatic N) is 2. The summed E-state index contributed by atoms with van der Waals surface area (Å²) in [7, 11) is 1.45. The van der Waals surface area contributed by atoms with Gasteiger partial charge >= 0.3 is 4.87 Å². The molecule has 6 nitrogen and oxygen atoms in total. The fourth-order valence-electron chi connectivity index (χ4n) is 2.86. The highest BCUT2D eigenvalue weighted by atomic mass is 32.1. The number of hydrogen-bond acceptors (Lipinski definition) is 5. The molecule has 1 aliphatic rings. The van der Waals surface area contributed by atoms with Crippen molar-refractivity contribution in [1.29, 1.82) is 0 Å². The molecule has 8 heteroatoms. The fraction of sp³-hybridized carbons (Fsp3) is 0.0556. The second-order valence-electron chi connectivity index (χ2n) is 5.48. The van der Waals surface area contributed by atoms with Crippen LogP contribution in [-0.4, -0.2) is 22.7 Å². The second kappa shape index (κ2) is 5.92. The van der Waals surface area contributed by atoms with Crippen LogP contribution in [0.3, 0.4) is 0 Å². The Balaban J connectivity index is 2.03. The first kappa shape index (κ1) is 16.2. The molecule has 3 aromatic rings. The summed E-state index contributed by atoms with van der Waals surface area (Å²) in [6.07, 6.45) is 0. The molecule has 0 radical (unpaired) electrons. The number of carbonyl (C=O) groups excluding carboxylic acids is 1. The number of halogens is 1. The SMILES string of the molecule is COc1ccccc1-n1c(O)c(C2=c3cc(F)ccc3=NC2=O)sc1=O. The van der Waals surface area contributed by atoms with Crippen molar-refractivity contribution < 1.29 is 19.0 Å². The van der Waals surface area contributed by atoms with Crippen molar-refractivity contribution in [2.24, 2.45) is 4.99 Å². The van der Waals surface area contributed by atoms with E-state index in [0.717, 1.165) is 10.6 Å². The Labute approximate surface area is 149 Å². The molecular weight excluding hydrogens is 359 g/mol. The average molecular weight is 370 g/mol. The van der Waals surface area contributed by atoms with Crippen molar-refractivity contribution in [3.8, 4) is 17.3 Å². The molecule has 0 saturated heterocycles. The number of amides is 1. The molecule has 130 valence electrons. The molecule has 2 heterocycles. The highest BCUT2D eigenvalue weighted by Gasteiger charge is 2.27. The van der Waals surface area contributed by atoms with Crippen LogP contribution in [0, 0.1) is 5.82 Å². The first-order valence-electron chi connectivity index (χ1n) is 7.52. The van der Waals surface area contributed by atoms with Crippen molar-refractivity contribution in [2.75, 3.05) is 7.11 Å². The van der Waals surface area contributed by atoms with Crippen LogP contribution in [0.2, 0.25) is 0 Å². The predicted octanol–water partition coefficient (Wildman–Crippen LogP) is 1.11. The maximum atomic E-state index is 13.6. The maximum absolute atomic E-state index is 13.6. The number of para-hydroxylation sites is 2. The molecule has 0 bridgehead atoms. The maximum Gasteiger partial charge on any atom is 0.315 e. The largest absolute Gasteiger partial charge is 0.495 e. The van der Waals surface area contributed by atoms with Gasteiger partial charge in [0.15, 0.2) is 0 Å². The van der Waals surface area contributed by atoms with Gasteiger partial charge in [-0.3, -0.25) is 9.59 Å². The summed E-state index contributed by atoms with van der Waals surface area (Å²) >= 11 is 0.687. The summed E-state index contributed by atoms with van der Waals surface area (Å²) in [5, 5.41) is 11.2. The number of methoxy groups -OCH3 is 1. The summed E-state index contributed by atoms with van der Waals surface area (Å²) in [6.45, 7) is 0. The summed E-state index contributed by atoms with van der Waals surface area (Å²) < 4.78 is 19.9. The Kier molecular flexibility index (Phi) is 3.69. The van der Waals surface area contributed by atoms with E-state index in [1.807, 2.05) is 0 Å². The Morgan fingerprint density at radius 3 is 2.73 bits per heavy atom. The van der Waals surface area contributed by atoms with Gasteiger partial charge in [0, 0.05) is 5.22 Å². The molecule has 2 aromatic carbocycles. The van der Waals surface area contributed by atoms with E-state index in [0.29, 0.717) is 28.1 Å². The lowest BCUT2D eigenvalue weighted by atomic mass is 10.1. The van der Waals surface area contributed by atoms with Crippen LogP contribution in [0.15, 0.2) is 52.3 Å². The van der Waals surface area contributed by atoms with Crippen molar-refractivity contribution >= 4 is 22.8 Å². The molecule has 1 aromatic heterocycles. The molecule has 4 rings (SSSR count). The topological polar surface area (TPSA) is 80.9 Å². The number of fused-ring (bicyclic) bond motifs is 1. The Bertz CT molecular complexity index is 1240. The monoisotopic (exact) mass is 370 g/mol. The molecule has 0 spiro atoms. The quantitative estimate of drug-likeness (QED) is 0.749. The van der Waals surface area contributed by atoms with Gasteiger partial charge in [0.1, 0.15) is 16.4 Å². The number of rotatable bonds is 3. The number of hydrogen-bond donors (Lipinski definition) is 1. The van der Waals surface area contributed by atoms with E-state index in [-0.39, 0.29) is 15.7 Å². The number of aromatic hydroxyl groups is 1. The third-order valence-electron chi connectivity index (χ3n) is 4.00. The van der Waals surface area contributed by atoms with Gasteiger partial charge in [-0.2, -0.15) is 0 Å². The zero-order chi connectivity index (χ0) is 18.4. The standard InChI is InChI=1S/C18H11FN2O4S/c1-25-13-5-3-2-4-12(13)21-17(23)15(26-18(21)24)14-10-8-9(19)6-7-11(10)20-16(14)22/h2-8,23H,1H3. The number of thiazole rings is 1. The Hall–Kier alpha value is -3.26. The fourth-order valence-corrected chi connectivity index (χ4v) is 3.79. The van der Waals surface area contributed by atoms with Crippen LogP contribution in [0.5, 0.6) is 11.6 Å². The Morgan fingerprint density at radius 2 is 1.96 bits per heavy atom. The van der Waals surface area contributed by atoms with Crippen LogP contribution < -0.4 is 20.2 Å². The average Bonchev–Trinajstić information content (AvgIpc) is 3.09. The van der Waals surface area contributed by atoms with Crippen molar-refractivity contribution in [3.05, 3.63) is 73.4 Å². The van der Waals surface area contributed by atoms with Gasteiger partial charge < -0.3 is 9.84 Å². The lowest BCUT2D eigenvalue weighted by molar-refractivity contribution is -0.112. The highest BCUT2D eigenvalue weighted by Crippen LogP contribution is 2.33. The molecule has 26 heavy (non-hydrogen) atoms. The molecule has 1 N–H and O–H groups in total. The number of aromatic nitrogens is 1. The van der Waals surface area contributed by atoms with Gasteiger partial charge in [-0.05, 0) is 30.3 Å². The van der Waals surface area contributed by atoms with Crippen LogP contribution in [0.1, 0.15) is 4.88 Å². The third kappa shape index (κ3) is 2.34. The van der Waals surface area contributed by atoms with Gasteiger partial charge in [0.05, 0.1) is 23.7 Å². The van der Waals surface area contributed by atoms with Crippen molar-refractivity contribution in [1.82, 2.24) is 4.57 Å².